The fraction of sp³-hybridized carbons (Fsp3) is 0.562. The Bertz CT molecular complexity index is 827. The topological polar surface area (TPSA) is 143 Å². The molecule has 0 radical (unpaired) electrons. The predicted molar refractivity (Wildman–Crippen MR) is 94.6 cm³/mol. The van der Waals surface area contributed by atoms with Crippen molar-refractivity contribution in [3.8, 4) is 0 Å². The van der Waals surface area contributed by atoms with Crippen LogP contribution in [0.5, 0.6) is 0 Å². The number of aromatic nitrogens is 3. The first kappa shape index (κ1) is 19.5. The molecule has 0 bridgehead atoms. The Labute approximate surface area is 155 Å². The highest BCUT2D eigenvalue weighted by molar-refractivity contribution is 6.03. The van der Waals surface area contributed by atoms with Crippen molar-refractivity contribution >= 4 is 23.1 Å². The van der Waals surface area contributed by atoms with E-state index >= 15 is 0 Å². The molecule has 4 atom stereocenters. The van der Waals surface area contributed by atoms with Crippen LogP contribution in [0.25, 0.3) is 11.0 Å². The van der Waals surface area contributed by atoms with E-state index in [2.05, 4.69) is 20.6 Å². The number of nitrogens with one attached hydrogen (secondary N) is 1. The van der Waals surface area contributed by atoms with E-state index in [1.165, 1.54) is 19.7 Å². The molecule has 0 saturated carbocycles. The number of hydrogen-bond donors (Lipinski definition) is 4. The van der Waals surface area contributed by atoms with Crippen LogP contribution in [0.1, 0.15) is 25.6 Å². The minimum Gasteiger partial charge on any atom is -0.411 e. The smallest absolute Gasteiger partial charge is 0.167 e. The molecule has 2 aromatic heterocycles. The molecular formula is C16H23N5O6. The van der Waals surface area contributed by atoms with Crippen molar-refractivity contribution in [1.82, 2.24) is 14.5 Å². The summed E-state index contributed by atoms with van der Waals surface area (Å²) in [6.07, 6.45) is 1.54. The number of rotatable bonds is 7. The summed E-state index contributed by atoms with van der Waals surface area (Å²) in [6.45, 7) is 3.55. The van der Waals surface area contributed by atoms with Gasteiger partial charge >= 0.3 is 0 Å². The van der Waals surface area contributed by atoms with Gasteiger partial charge in [-0.3, -0.25) is 4.84 Å². The molecule has 3 rings (SSSR count). The third kappa shape index (κ3) is 3.13. The van der Waals surface area contributed by atoms with Crippen LogP contribution < -0.4 is 5.48 Å². The van der Waals surface area contributed by atoms with Crippen LogP contribution in [0, 0.1) is 0 Å². The number of hydrogen-bond acceptors (Lipinski definition) is 10. The second-order valence-electron chi connectivity index (χ2n) is 6.23. The van der Waals surface area contributed by atoms with Gasteiger partial charge in [0.2, 0.25) is 0 Å². The molecule has 0 aliphatic carbocycles. The van der Waals surface area contributed by atoms with Crippen LogP contribution in [0.3, 0.4) is 0 Å². The molecule has 1 fully saturated rings. The van der Waals surface area contributed by atoms with E-state index in [0.717, 1.165) is 0 Å². The summed E-state index contributed by atoms with van der Waals surface area (Å²) in [6, 6.07) is 0. The normalized spacial score (nSPS) is 28.4. The summed E-state index contributed by atoms with van der Waals surface area (Å²) in [7, 11) is 1.46. The maximum atomic E-state index is 10.5. The Balaban J connectivity index is 2.17. The van der Waals surface area contributed by atoms with Gasteiger partial charge in [-0.15, -0.1) is 0 Å². The number of ether oxygens (including phenoxy) is 2. The first-order valence-corrected chi connectivity index (χ1v) is 8.42. The molecule has 0 amide bonds. The molecule has 1 saturated heterocycles. The molecule has 1 aliphatic heterocycles. The monoisotopic (exact) mass is 381 g/mol. The minimum atomic E-state index is -1.15. The average molecular weight is 381 g/mol. The number of nitrogens with zero attached hydrogens (tertiary/aromatic N) is 4. The highest BCUT2D eigenvalue weighted by Gasteiger charge is 2.54. The van der Waals surface area contributed by atoms with Gasteiger partial charge in [0.1, 0.15) is 29.8 Å². The number of anilines is 1. The molecule has 27 heavy (non-hydrogen) atoms. The van der Waals surface area contributed by atoms with E-state index in [9.17, 15) is 10.2 Å². The third-order valence-corrected chi connectivity index (χ3v) is 4.75. The molecule has 4 N–H and O–H groups in total. The molecule has 3 heterocycles. The average Bonchev–Trinajstić information content (AvgIpc) is 3.17. The van der Waals surface area contributed by atoms with Crippen molar-refractivity contribution in [1.29, 1.82) is 0 Å². The minimum absolute atomic E-state index is 0.368. The quantitative estimate of drug-likeness (QED) is 0.301. The number of fused-ring (bicyclic) bond motifs is 1. The lowest BCUT2D eigenvalue weighted by Crippen LogP contribution is -2.46. The van der Waals surface area contributed by atoms with Crippen molar-refractivity contribution in [3.63, 3.8) is 0 Å². The zero-order chi connectivity index (χ0) is 19.6. The first-order valence-electron chi connectivity index (χ1n) is 8.42. The Kier molecular flexibility index (Phi) is 5.58. The standard InChI is InChI=1S/C16H23N5O6/c1-4-26-20-13-11-9(5-19-24)6-21(14(11)18-8-17-13)15-16(2,25-3)12(23)10(7-22)27-15/h5-6,8,10,12,15,22-24H,4,7H2,1-3H3,(H,17,18,20)/t10?,12?,15-,16-/m1/s1. The summed E-state index contributed by atoms with van der Waals surface area (Å²) in [5.74, 6) is 0.381. The Morgan fingerprint density at radius 3 is 2.89 bits per heavy atom. The second-order valence-corrected chi connectivity index (χ2v) is 6.23. The van der Waals surface area contributed by atoms with E-state index in [1.54, 1.807) is 17.7 Å². The van der Waals surface area contributed by atoms with Gasteiger partial charge in [0.05, 0.1) is 24.8 Å². The molecule has 2 aromatic rings. The fourth-order valence-corrected chi connectivity index (χ4v) is 3.27. The third-order valence-electron chi connectivity index (χ3n) is 4.75. The molecule has 11 heteroatoms. The molecule has 2 unspecified atom stereocenters. The summed E-state index contributed by atoms with van der Waals surface area (Å²) >= 11 is 0. The Hall–Kier alpha value is -2.31. The summed E-state index contributed by atoms with van der Waals surface area (Å²) in [4.78, 5) is 13.7. The van der Waals surface area contributed by atoms with Crippen LogP contribution in [0.2, 0.25) is 0 Å². The van der Waals surface area contributed by atoms with Crippen LogP contribution in [0.4, 0.5) is 5.82 Å². The first-order chi connectivity index (χ1) is 13.0. The number of aliphatic hydroxyl groups excluding tert-OH is 2. The predicted octanol–water partition coefficient (Wildman–Crippen LogP) is 0.258. The van der Waals surface area contributed by atoms with Crippen LogP contribution in [0.15, 0.2) is 17.7 Å². The van der Waals surface area contributed by atoms with Gasteiger partial charge < -0.3 is 29.5 Å². The SMILES string of the molecule is CCONc1ncnc2c1c(C=NO)cn2[C@@H]1OC(CO)C(O)[C@@]1(C)OC. The molecule has 148 valence electrons. The van der Waals surface area contributed by atoms with Crippen molar-refractivity contribution in [3.05, 3.63) is 18.1 Å². The zero-order valence-electron chi connectivity index (χ0n) is 15.2. The summed E-state index contributed by atoms with van der Waals surface area (Å²) in [5, 5.41) is 32.7. The van der Waals surface area contributed by atoms with E-state index in [0.29, 0.717) is 29.0 Å². The van der Waals surface area contributed by atoms with Crippen molar-refractivity contribution in [2.75, 3.05) is 25.8 Å². The molecule has 0 aromatic carbocycles. The van der Waals surface area contributed by atoms with E-state index in [4.69, 9.17) is 19.5 Å². The van der Waals surface area contributed by atoms with E-state index in [1.807, 2.05) is 6.92 Å². The van der Waals surface area contributed by atoms with Crippen LogP contribution in [-0.2, 0) is 14.3 Å². The lowest BCUT2D eigenvalue weighted by molar-refractivity contribution is -0.118. The van der Waals surface area contributed by atoms with Gasteiger partial charge in [0.25, 0.3) is 0 Å². The van der Waals surface area contributed by atoms with E-state index < -0.39 is 24.0 Å². The Morgan fingerprint density at radius 1 is 1.48 bits per heavy atom. The highest BCUT2D eigenvalue weighted by atomic mass is 16.6. The maximum absolute atomic E-state index is 10.5. The van der Waals surface area contributed by atoms with Crippen LogP contribution in [-0.4, -0.2) is 74.3 Å². The van der Waals surface area contributed by atoms with Gasteiger partial charge in [0.15, 0.2) is 12.0 Å². The fourth-order valence-electron chi connectivity index (χ4n) is 3.27. The van der Waals surface area contributed by atoms with Gasteiger partial charge in [0, 0.05) is 18.9 Å². The Morgan fingerprint density at radius 2 is 2.26 bits per heavy atom. The lowest BCUT2D eigenvalue weighted by atomic mass is 9.96. The number of methoxy groups -OCH3 is 1. The molecular weight excluding hydrogens is 358 g/mol. The van der Waals surface area contributed by atoms with E-state index in [-0.39, 0.29) is 6.61 Å². The maximum Gasteiger partial charge on any atom is 0.167 e. The number of aliphatic hydroxyl groups is 2. The van der Waals surface area contributed by atoms with Gasteiger partial charge in [-0.05, 0) is 13.8 Å². The molecule has 0 spiro atoms. The molecule has 11 nitrogen and oxygen atoms in total. The largest absolute Gasteiger partial charge is 0.411 e. The second kappa shape index (κ2) is 7.74. The van der Waals surface area contributed by atoms with Crippen molar-refractivity contribution < 1.29 is 29.7 Å². The highest BCUT2D eigenvalue weighted by Crippen LogP contribution is 2.42. The van der Waals surface area contributed by atoms with Gasteiger partial charge in [-0.2, -0.15) is 0 Å². The number of oxime groups is 1. The van der Waals surface area contributed by atoms with Crippen LogP contribution >= 0.6 is 0 Å². The summed E-state index contributed by atoms with van der Waals surface area (Å²) < 4.78 is 13.1. The van der Waals surface area contributed by atoms with Gasteiger partial charge in [-0.1, -0.05) is 5.16 Å². The lowest BCUT2D eigenvalue weighted by Gasteiger charge is -2.31. The zero-order valence-corrected chi connectivity index (χ0v) is 15.2. The van der Waals surface area contributed by atoms with Crippen molar-refractivity contribution in [2.24, 2.45) is 5.16 Å². The summed E-state index contributed by atoms with van der Waals surface area (Å²) in [5.41, 5.74) is 2.53. The van der Waals surface area contributed by atoms with Gasteiger partial charge in [-0.25, -0.2) is 15.4 Å². The van der Waals surface area contributed by atoms with Crippen molar-refractivity contribution in [2.45, 2.75) is 37.9 Å². The molecule has 1 aliphatic rings.